The van der Waals surface area contributed by atoms with Crippen LogP contribution in [-0.2, 0) is 0 Å². The summed E-state index contributed by atoms with van der Waals surface area (Å²) < 4.78 is 39.6. The minimum absolute atomic E-state index is 0.0174. The molecule has 29 heavy (non-hydrogen) atoms. The first-order valence-corrected chi connectivity index (χ1v) is 9.81. The minimum Gasteiger partial charge on any atom is -0.397 e. The molecule has 0 bridgehead atoms. The lowest BCUT2D eigenvalue weighted by Crippen LogP contribution is -2.24. The third kappa shape index (κ3) is 4.21. The first kappa shape index (κ1) is 19.7. The molecule has 2 aromatic heterocycles. The van der Waals surface area contributed by atoms with Gasteiger partial charge in [-0.15, -0.1) is 0 Å². The van der Waals surface area contributed by atoms with Gasteiger partial charge in [0.25, 0.3) is 5.56 Å². The van der Waals surface area contributed by atoms with Crippen molar-refractivity contribution in [1.29, 1.82) is 0 Å². The van der Waals surface area contributed by atoms with Crippen molar-refractivity contribution >= 4 is 38.6 Å². The molecule has 152 valence electrons. The average Bonchev–Trinajstić information content (AvgIpc) is 3.45. The van der Waals surface area contributed by atoms with Crippen LogP contribution in [0.4, 0.5) is 24.7 Å². The van der Waals surface area contributed by atoms with E-state index in [1.54, 1.807) is 16.7 Å². The van der Waals surface area contributed by atoms with E-state index >= 15 is 0 Å². The molecule has 1 aromatic carbocycles. The van der Waals surface area contributed by atoms with Gasteiger partial charge in [0, 0.05) is 28.7 Å². The molecule has 0 spiro atoms. The molecular formula is C19H17BrF3N5O. The van der Waals surface area contributed by atoms with Gasteiger partial charge in [-0.2, -0.15) is 13.2 Å². The van der Waals surface area contributed by atoms with Crippen molar-refractivity contribution in [3.63, 3.8) is 0 Å². The maximum Gasteiger partial charge on any atom is 0.390 e. The Kier molecular flexibility index (Phi) is 4.97. The Balaban J connectivity index is 1.83. The molecule has 1 fully saturated rings. The van der Waals surface area contributed by atoms with E-state index in [2.05, 4.69) is 31.2 Å². The van der Waals surface area contributed by atoms with Crippen molar-refractivity contribution in [3.8, 4) is 11.3 Å². The van der Waals surface area contributed by atoms with Crippen LogP contribution in [0.1, 0.15) is 25.3 Å². The quantitative estimate of drug-likeness (QED) is 0.576. The zero-order chi connectivity index (χ0) is 20.8. The van der Waals surface area contributed by atoms with Crippen LogP contribution in [0.5, 0.6) is 0 Å². The highest BCUT2D eigenvalue weighted by Gasteiger charge is 2.30. The summed E-state index contributed by atoms with van der Waals surface area (Å²) in [5.41, 5.74) is 7.64. The van der Waals surface area contributed by atoms with Gasteiger partial charge in [-0.3, -0.25) is 9.36 Å². The molecule has 6 nitrogen and oxygen atoms in total. The van der Waals surface area contributed by atoms with Crippen LogP contribution < -0.4 is 16.6 Å². The molecule has 0 amide bonds. The van der Waals surface area contributed by atoms with E-state index in [-0.39, 0.29) is 41.0 Å². The molecule has 10 heteroatoms. The standard InChI is InChI=1S/C19H17BrF3N5O/c20-11-3-1-2-10(8-11)15-18(29)28(12-4-5-12)17-16(27-15)13(24)9-14(26-17)25-7-6-19(21,22)23/h1-3,8-9,12H,4-7H2,(H3,24,25,26). The van der Waals surface area contributed by atoms with Crippen LogP contribution in [0, 0.1) is 0 Å². The van der Waals surface area contributed by atoms with Crippen molar-refractivity contribution in [3.05, 3.63) is 45.2 Å². The number of hydrogen-bond acceptors (Lipinski definition) is 5. The van der Waals surface area contributed by atoms with Gasteiger partial charge in [0.1, 0.15) is 17.0 Å². The normalized spacial score (nSPS) is 14.3. The molecule has 0 atom stereocenters. The second-order valence-electron chi connectivity index (χ2n) is 6.94. The number of rotatable bonds is 5. The van der Waals surface area contributed by atoms with Gasteiger partial charge in [-0.05, 0) is 25.0 Å². The van der Waals surface area contributed by atoms with Crippen molar-refractivity contribution < 1.29 is 13.2 Å². The lowest BCUT2D eigenvalue weighted by atomic mass is 10.1. The zero-order valence-electron chi connectivity index (χ0n) is 15.1. The van der Waals surface area contributed by atoms with Crippen LogP contribution in [0.3, 0.4) is 0 Å². The summed E-state index contributed by atoms with van der Waals surface area (Å²) in [5, 5.41) is 2.63. The minimum atomic E-state index is -4.27. The Morgan fingerprint density at radius 1 is 1.24 bits per heavy atom. The van der Waals surface area contributed by atoms with E-state index in [0.29, 0.717) is 11.1 Å². The highest BCUT2D eigenvalue weighted by molar-refractivity contribution is 9.10. The smallest absolute Gasteiger partial charge is 0.390 e. The largest absolute Gasteiger partial charge is 0.397 e. The number of hydrogen-bond donors (Lipinski definition) is 2. The molecule has 1 aliphatic rings. The highest BCUT2D eigenvalue weighted by Crippen LogP contribution is 2.37. The SMILES string of the molecule is Nc1cc(NCCC(F)(F)F)nc2c1nc(-c1cccc(Br)c1)c(=O)n2C1CC1. The summed E-state index contributed by atoms with van der Waals surface area (Å²) >= 11 is 3.39. The van der Waals surface area contributed by atoms with Crippen molar-refractivity contribution in [1.82, 2.24) is 14.5 Å². The number of fused-ring (bicyclic) bond motifs is 1. The summed E-state index contributed by atoms with van der Waals surface area (Å²) in [5.74, 6) is 0.185. The second-order valence-corrected chi connectivity index (χ2v) is 7.85. The number of nitrogens with two attached hydrogens (primary N) is 1. The van der Waals surface area contributed by atoms with Gasteiger partial charge in [-0.1, -0.05) is 28.1 Å². The van der Waals surface area contributed by atoms with Gasteiger partial charge < -0.3 is 11.1 Å². The number of aromatic nitrogens is 3. The molecule has 0 unspecified atom stereocenters. The molecule has 0 aliphatic heterocycles. The Morgan fingerprint density at radius 2 is 2.00 bits per heavy atom. The van der Waals surface area contributed by atoms with E-state index in [4.69, 9.17) is 5.73 Å². The fourth-order valence-corrected chi connectivity index (χ4v) is 3.51. The number of halogens is 4. The molecule has 3 N–H and O–H groups in total. The lowest BCUT2D eigenvalue weighted by Gasteiger charge is -2.15. The maximum atomic E-state index is 13.2. The molecule has 3 aromatic rings. The third-order valence-electron chi connectivity index (χ3n) is 4.60. The predicted molar refractivity (Wildman–Crippen MR) is 109 cm³/mol. The van der Waals surface area contributed by atoms with Gasteiger partial charge in [0.2, 0.25) is 0 Å². The summed E-state index contributed by atoms with van der Waals surface area (Å²) in [6, 6.07) is 8.66. The summed E-state index contributed by atoms with van der Waals surface area (Å²) in [4.78, 5) is 22.0. The Bertz CT molecular complexity index is 1140. The van der Waals surface area contributed by atoms with Gasteiger partial charge in [0.05, 0.1) is 12.1 Å². The summed E-state index contributed by atoms with van der Waals surface area (Å²) in [7, 11) is 0. The summed E-state index contributed by atoms with van der Waals surface area (Å²) in [6.07, 6.45) is -3.62. The number of nitrogens with zero attached hydrogens (tertiary/aromatic N) is 3. The number of anilines is 2. The fourth-order valence-electron chi connectivity index (χ4n) is 3.11. The number of pyridine rings is 1. The van der Waals surface area contributed by atoms with E-state index < -0.39 is 12.6 Å². The first-order valence-electron chi connectivity index (χ1n) is 9.02. The van der Waals surface area contributed by atoms with E-state index in [0.717, 1.165) is 17.3 Å². The molecule has 4 rings (SSSR count). The fraction of sp³-hybridized carbons (Fsp3) is 0.316. The van der Waals surface area contributed by atoms with Gasteiger partial charge in [0.15, 0.2) is 5.65 Å². The lowest BCUT2D eigenvalue weighted by molar-refractivity contribution is -0.131. The molecule has 1 aliphatic carbocycles. The zero-order valence-corrected chi connectivity index (χ0v) is 16.7. The third-order valence-corrected chi connectivity index (χ3v) is 5.09. The molecular weight excluding hydrogens is 451 g/mol. The number of nitrogen functional groups attached to an aromatic ring is 1. The van der Waals surface area contributed by atoms with Crippen LogP contribution >= 0.6 is 15.9 Å². The van der Waals surface area contributed by atoms with Gasteiger partial charge >= 0.3 is 6.18 Å². The number of alkyl halides is 3. The van der Waals surface area contributed by atoms with Crippen LogP contribution in [-0.4, -0.2) is 27.3 Å². The summed E-state index contributed by atoms with van der Waals surface area (Å²) in [6.45, 7) is -0.335. The molecule has 1 saturated carbocycles. The monoisotopic (exact) mass is 467 g/mol. The Hall–Kier alpha value is -2.62. The Morgan fingerprint density at radius 3 is 2.66 bits per heavy atom. The first-order chi connectivity index (χ1) is 13.7. The van der Waals surface area contributed by atoms with Gasteiger partial charge in [-0.25, -0.2) is 9.97 Å². The van der Waals surface area contributed by atoms with E-state index in [1.165, 1.54) is 6.07 Å². The predicted octanol–water partition coefficient (Wildman–Crippen LogP) is 4.50. The number of benzene rings is 1. The molecule has 0 radical (unpaired) electrons. The number of nitrogens with one attached hydrogen (secondary N) is 1. The van der Waals surface area contributed by atoms with E-state index in [1.807, 2.05) is 12.1 Å². The maximum absolute atomic E-state index is 13.2. The van der Waals surface area contributed by atoms with Crippen molar-refractivity contribution in [2.45, 2.75) is 31.5 Å². The van der Waals surface area contributed by atoms with Crippen LogP contribution in [0.2, 0.25) is 0 Å². The topological polar surface area (TPSA) is 85.8 Å². The Labute approximate surface area is 172 Å². The van der Waals surface area contributed by atoms with Crippen LogP contribution in [0.25, 0.3) is 22.4 Å². The second kappa shape index (κ2) is 7.33. The van der Waals surface area contributed by atoms with Crippen LogP contribution in [0.15, 0.2) is 39.6 Å². The van der Waals surface area contributed by atoms with Crippen molar-refractivity contribution in [2.24, 2.45) is 0 Å². The molecule has 2 heterocycles. The molecule has 0 saturated heterocycles. The van der Waals surface area contributed by atoms with E-state index in [9.17, 15) is 18.0 Å². The highest BCUT2D eigenvalue weighted by atomic mass is 79.9. The average molecular weight is 468 g/mol. The van der Waals surface area contributed by atoms with Crippen molar-refractivity contribution in [2.75, 3.05) is 17.6 Å².